The van der Waals surface area contributed by atoms with Gasteiger partial charge in [0.25, 0.3) is 0 Å². The van der Waals surface area contributed by atoms with Crippen molar-refractivity contribution in [1.29, 1.82) is 0 Å². The van der Waals surface area contributed by atoms with Gasteiger partial charge in [0.15, 0.2) is 5.79 Å². The summed E-state index contributed by atoms with van der Waals surface area (Å²) in [6, 6.07) is 7.66. The van der Waals surface area contributed by atoms with Gasteiger partial charge < -0.3 is 19.9 Å². The maximum atomic E-state index is 10.8. The summed E-state index contributed by atoms with van der Waals surface area (Å²) < 4.78 is 11.3. The van der Waals surface area contributed by atoms with Crippen LogP contribution in [0.1, 0.15) is 25.0 Å². The van der Waals surface area contributed by atoms with Crippen LogP contribution in [0.3, 0.4) is 0 Å². The number of carboxylic acid groups (broad SMARTS) is 1. The summed E-state index contributed by atoms with van der Waals surface area (Å²) in [5, 5.41) is 11.3. The summed E-state index contributed by atoms with van der Waals surface area (Å²) in [5.74, 6) is -0.723. The van der Waals surface area contributed by atoms with E-state index in [0.717, 1.165) is 5.56 Å². The first kappa shape index (κ1) is 15.5. The fourth-order valence-electron chi connectivity index (χ4n) is 2.17. The Morgan fingerprint density at radius 2 is 2.05 bits per heavy atom. The molecule has 0 aliphatic carbocycles. The standard InChI is InChI=1S/C16H21NO4/c1-11-4-6-12(7-5-11)8-9-14-13(17-15(18)19)10-20-16(2,3)21-14/h4-9,13-14,17H,10H2,1-3H3,(H,18,19)/b9-8+/t13?,14-/m1/s1. The van der Waals surface area contributed by atoms with Crippen molar-refractivity contribution >= 4 is 12.2 Å². The first-order chi connectivity index (χ1) is 9.85. The molecule has 0 radical (unpaired) electrons. The number of rotatable bonds is 3. The summed E-state index contributed by atoms with van der Waals surface area (Å²) in [6.45, 7) is 5.94. The third kappa shape index (κ3) is 4.58. The highest BCUT2D eigenvalue weighted by molar-refractivity contribution is 5.65. The van der Waals surface area contributed by atoms with Crippen LogP contribution in [0.4, 0.5) is 4.79 Å². The maximum Gasteiger partial charge on any atom is 0.405 e. The first-order valence-corrected chi connectivity index (χ1v) is 6.92. The molecule has 2 rings (SSSR count). The molecule has 0 bridgehead atoms. The minimum Gasteiger partial charge on any atom is -0.465 e. The molecule has 0 saturated carbocycles. The quantitative estimate of drug-likeness (QED) is 0.898. The molecule has 1 aromatic rings. The van der Waals surface area contributed by atoms with E-state index in [0.29, 0.717) is 0 Å². The van der Waals surface area contributed by atoms with Gasteiger partial charge in [0, 0.05) is 0 Å². The monoisotopic (exact) mass is 291 g/mol. The minimum absolute atomic E-state index is 0.280. The average Bonchev–Trinajstić information content (AvgIpc) is 2.40. The second-order valence-electron chi connectivity index (χ2n) is 5.62. The third-order valence-corrected chi connectivity index (χ3v) is 3.29. The van der Waals surface area contributed by atoms with E-state index >= 15 is 0 Å². The topological polar surface area (TPSA) is 67.8 Å². The molecule has 21 heavy (non-hydrogen) atoms. The van der Waals surface area contributed by atoms with E-state index in [1.165, 1.54) is 5.56 Å². The molecule has 1 amide bonds. The van der Waals surface area contributed by atoms with E-state index in [-0.39, 0.29) is 12.7 Å². The van der Waals surface area contributed by atoms with E-state index in [4.69, 9.17) is 14.6 Å². The van der Waals surface area contributed by atoms with Crippen LogP contribution in [0, 0.1) is 6.92 Å². The smallest absolute Gasteiger partial charge is 0.405 e. The Kier molecular flexibility index (Phi) is 4.65. The predicted octanol–water partition coefficient (Wildman–Crippen LogP) is 2.80. The predicted molar refractivity (Wildman–Crippen MR) is 80.1 cm³/mol. The number of hydrogen-bond acceptors (Lipinski definition) is 3. The number of benzene rings is 1. The van der Waals surface area contributed by atoms with Crippen molar-refractivity contribution in [3.8, 4) is 0 Å². The second kappa shape index (κ2) is 6.28. The molecule has 1 fully saturated rings. The second-order valence-corrected chi connectivity index (χ2v) is 5.62. The van der Waals surface area contributed by atoms with Crippen molar-refractivity contribution in [3.63, 3.8) is 0 Å². The van der Waals surface area contributed by atoms with Crippen LogP contribution in [-0.2, 0) is 9.47 Å². The molecule has 0 spiro atoms. The highest BCUT2D eigenvalue weighted by Gasteiger charge is 2.35. The SMILES string of the molecule is Cc1ccc(/C=C/[C@H]2OC(C)(C)OCC2NC(=O)O)cc1. The van der Waals surface area contributed by atoms with Crippen LogP contribution in [0.5, 0.6) is 0 Å². The van der Waals surface area contributed by atoms with Crippen molar-refractivity contribution in [2.75, 3.05) is 6.61 Å². The highest BCUT2D eigenvalue weighted by atomic mass is 16.7. The van der Waals surface area contributed by atoms with Crippen molar-refractivity contribution in [2.24, 2.45) is 0 Å². The molecule has 1 aliphatic rings. The van der Waals surface area contributed by atoms with Crippen molar-refractivity contribution in [1.82, 2.24) is 5.32 Å². The Morgan fingerprint density at radius 3 is 2.67 bits per heavy atom. The van der Waals surface area contributed by atoms with Gasteiger partial charge in [-0.2, -0.15) is 0 Å². The third-order valence-electron chi connectivity index (χ3n) is 3.29. The van der Waals surface area contributed by atoms with E-state index in [9.17, 15) is 4.79 Å². The number of hydrogen-bond donors (Lipinski definition) is 2. The van der Waals surface area contributed by atoms with E-state index in [1.807, 2.05) is 57.2 Å². The molecule has 1 saturated heterocycles. The Bertz CT molecular complexity index is 522. The molecule has 2 atom stereocenters. The lowest BCUT2D eigenvalue weighted by Gasteiger charge is -2.39. The van der Waals surface area contributed by atoms with Gasteiger partial charge in [-0.15, -0.1) is 0 Å². The number of amides is 1. The molecule has 1 aromatic carbocycles. The zero-order valence-electron chi connectivity index (χ0n) is 12.5. The number of nitrogens with one attached hydrogen (secondary N) is 1. The maximum absolute atomic E-state index is 10.8. The normalized spacial score (nSPS) is 24.9. The van der Waals surface area contributed by atoms with Crippen molar-refractivity contribution in [2.45, 2.75) is 38.7 Å². The molecule has 114 valence electrons. The molecule has 5 heteroatoms. The molecule has 0 aromatic heterocycles. The summed E-state index contributed by atoms with van der Waals surface area (Å²) in [6.07, 6.45) is 2.35. The lowest BCUT2D eigenvalue weighted by molar-refractivity contribution is -0.271. The molecular weight excluding hydrogens is 270 g/mol. The molecule has 5 nitrogen and oxygen atoms in total. The molecule has 1 heterocycles. The number of ether oxygens (including phenoxy) is 2. The van der Waals surface area contributed by atoms with Crippen LogP contribution in [0.2, 0.25) is 0 Å². The van der Waals surface area contributed by atoms with Gasteiger partial charge in [0.05, 0.1) is 12.6 Å². The van der Waals surface area contributed by atoms with Crippen LogP contribution >= 0.6 is 0 Å². The molecule has 2 N–H and O–H groups in total. The lowest BCUT2D eigenvalue weighted by atomic mass is 10.1. The van der Waals surface area contributed by atoms with Gasteiger partial charge >= 0.3 is 6.09 Å². The van der Waals surface area contributed by atoms with Crippen LogP contribution in [-0.4, -0.2) is 35.7 Å². The van der Waals surface area contributed by atoms with Crippen molar-refractivity contribution < 1.29 is 19.4 Å². The lowest BCUT2D eigenvalue weighted by Crippen LogP contribution is -2.55. The molecule has 1 aliphatic heterocycles. The van der Waals surface area contributed by atoms with Crippen LogP contribution < -0.4 is 5.32 Å². The summed E-state index contributed by atoms with van der Waals surface area (Å²) >= 11 is 0. The fourth-order valence-corrected chi connectivity index (χ4v) is 2.17. The molecular formula is C16H21NO4. The number of aryl methyl sites for hydroxylation is 1. The van der Waals surface area contributed by atoms with Gasteiger partial charge in [-0.1, -0.05) is 42.0 Å². The van der Waals surface area contributed by atoms with E-state index in [1.54, 1.807) is 0 Å². The van der Waals surface area contributed by atoms with Gasteiger partial charge in [0.1, 0.15) is 6.10 Å². The van der Waals surface area contributed by atoms with Crippen molar-refractivity contribution in [3.05, 3.63) is 41.5 Å². The van der Waals surface area contributed by atoms with Gasteiger partial charge in [-0.25, -0.2) is 4.79 Å². The number of carbonyl (C=O) groups is 1. The largest absolute Gasteiger partial charge is 0.465 e. The Morgan fingerprint density at radius 1 is 1.38 bits per heavy atom. The van der Waals surface area contributed by atoms with Gasteiger partial charge in [-0.05, 0) is 26.3 Å². The van der Waals surface area contributed by atoms with E-state index in [2.05, 4.69) is 5.32 Å². The minimum atomic E-state index is -1.08. The Balaban J connectivity index is 2.11. The van der Waals surface area contributed by atoms with Gasteiger partial charge in [0.2, 0.25) is 0 Å². The van der Waals surface area contributed by atoms with Crippen LogP contribution in [0.25, 0.3) is 6.08 Å². The summed E-state index contributed by atoms with van der Waals surface area (Å²) in [5.41, 5.74) is 2.24. The van der Waals surface area contributed by atoms with Crippen LogP contribution in [0.15, 0.2) is 30.3 Å². The summed E-state index contributed by atoms with van der Waals surface area (Å²) in [7, 11) is 0. The zero-order valence-corrected chi connectivity index (χ0v) is 12.5. The highest BCUT2D eigenvalue weighted by Crippen LogP contribution is 2.23. The Hall–Kier alpha value is -1.85. The van der Waals surface area contributed by atoms with E-state index < -0.39 is 17.9 Å². The molecule has 1 unspecified atom stereocenters. The zero-order chi connectivity index (χ0) is 15.5. The fraction of sp³-hybridized carbons (Fsp3) is 0.438. The average molecular weight is 291 g/mol. The summed E-state index contributed by atoms with van der Waals surface area (Å²) in [4.78, 5) is 10.8. The Labute approximate surface area is 124 Å². The first-order valence-electron chi connectivity index (χ1n) is 6.92. The van der Waals surface area contributed by atoms with Gasteiger partial charge in [-0.3, -0.25) is 0 Å².